The number of carbonyl (C=O) groups is 4. The number of aliphatic hydroxyl groups excluding tert-OH is 2. The van der Waals surface area contributed by atoms with Crippen LogP contribution in [0, 0.1) is 11.8 Å². The second-order valence-electron chi connectivity index (χ2n) is 9.00. The molecule has 4 rings (SSSR count). The van der Waals surface area contributed by atoms with E-state index >= 15 is 0 Å². The Morgan fingerprint density at radius 3 is 2.33 bits per heavy atom. The van der Waals surface area contributed by atoms with Crippen molar-refractivity contribution in [1.82, 2.24) is 0 Å². The highest BCUT2D eigenvalue weighted by atomic mass is 16.3. The molecule has 0 unspecified atom stereocenters. The summed E-state index contributed by atoms with van der Waals surface area (Å²) in [7, 11) is 3.46. The molecule has 1 aromatic carbocycles. The molecule has 0 bridgehead atoms. The summed E-state index contributed by atoms with van der Waals surface area (Å²) >= 11 is 0. The molecular weight excluding hydrogens is 432 g/mol. The lowest BCUT2D eigenvalue weighted by Gasteiger charge is -2.46. The Kier molecular flexibility index (Phi) is 4.90. The van der Waals surface area contributed by atoms with Crippen molar-refractivity contribution in [2.75, 3.05) is 19.0 Å². The number of primary amides is 1. The number of Topliss-reactive ketones (excluding diaryl/α,β-unsaturated/α-hetero) is 3. The van der Waals surface area contributed by atoms with E-state index in [1.165, 1.54) is 13.0 Å². The van der Waals surface area contributed by atoms with Crippen LogP contribution in [0.4, 0.5) is 5.69 Å². The molecule has 0 heterocycles. The zero-order valence-electron chi connectivity index (χ0n) is 18.3. The van der Waals surface area contributed by atoms with E-state index in [-0.39, 0.29) is 36.0 Å². The second-order valence-corrected chi connectivity index (χ2v) is 9.00. The van der Waals surface area contributed by atoms with Gasteiger partial charge in [0.15, 0.2) is 17.2 Å². The van der Waals surface area contributed by atoms with E-state index in [0.29, 0.717) is 11.3 Å². The number of aromatic hydroxyl groups is 1. The number of ketones is 3. The van der Waals surface area contributed by atoms with Gasteiger partial charge in [0.1, 0.15) is 22.8 Å². The van der Waals surface area contributed by atoms with Crippen LogP contribution in [0.15, 0.2) is 23.0 Å². The zero-order valence-corrected chi connectivity index (χ0v) is 18.3. The van der Waals surface area contributed by atoms with Crippen molar-refractivity contribution in [3.63, 3.8) is 0 Å². The van der Waals surface area contributed by atoms with E-state index in [0.717, 1.165) is 0 Å². The van der Waals surface area contributed by atoms with E-state index < -0.39 is 63.5 Å². The lowest BCUT2D eigenvalue weighted by molar-refractivity contribution is -0.147. The summed E-state index contributed by atoms with van der Waals surface area (Å²) in [6.45, 7) is 1.25. The summed E-state index contributed by atoms with van der Waals surface area (Å²) in [6.07, 6.45) is -0.157. The molecule has 0 saturated heterocycles. The number of rotatable bonds is 3. The van der Waals surface area contributed by atoms with Crippen LogP contribution < -0.4 is 10.6 Å². The third-order valence-electron chi connectivity index (χ3n) is 6.90. The van der Waals surface area contributed by atoms with E-state index in [9.17, 15) is 39.6 Å². The highest BCUT2D eigenvalue weighted by Gasteiger charge is 2.60. The number of carbonyl (C=O) groups excluding carboxylic acids is 4. The van der Waals surface area contributed by atoms with Crippen LogP contribution >= 0.6 is 0 Å². The van der Waals surface area contributed by atoms with Crippen LogP contribution in [0.3, 0.4) is 0 Å². The van der Waals surface area contributed by atoms with Gasteiger partial charge in [-0.2, -0.15) is 0 Å². The monoisotopic (exact) mass is 456 g/mol. The highest BCUT2D eigenvalue weighted by Crippen LogP contribution is 2.53. The molecule has 6 N–H and O–H groups in total. The third kappa shape index (κ3) is 2.90. The summed E-state index contributed by atoms with van der Waals surface area (Å²) < 4.78 is 0. The number of nitrogens with two attached hydrogens (primary N) is 1. The van der Waals surface area contributed by atoms with Gasteiger partial charge in [-0.1, -0.05) is 0 Å². The predicted molar refractivity (Wildman–Crippen MR) is 116 cm³/mol. The topological polar surface area (TPSA) is 178 Å². The molecule has 10 heteroatoms. The molecular formula is C23H24N2O8. The molecule has 0 aromatic heterocycles. The second kappa shape index (κ2) is 7.17. The molecule has 3 atom stereocenters. The van der Waals surface area contributed by atoms with Gasteiger partial charge < -0.3 is 31.1 Å². The maximum atomic E-state index is 13.5. The molecule has 33 heavy (non-hydrogen) atoms. The quantitative estimate of drug-likeness (QED) is 0.323. The van der Waals surface area contributed by atoms with Gasteiger partial charge >= 0.3 is 0 Å². The van der Waals surface area contributed by atoms with E-state index in [1.807, 2.05) is 0 Å². The van der Waals surface area contributed by atoms with Gasteiger partial charge in [0.25, 0.3) is 5.91 Å². The lowest BCUT2D eigenvalue weighted by atomic mass is 9.59. The Hall–Kier alpha value is -3.66. The van der Waals surface area contributed by atoms with E-state index in [1.54, 1.807) is 19.0 Å². The number of amides is 1. The first kappa shape index (κ1) is 22.5. The van der Waals surface area contributed by atoms with E-state index in [2.05, 4.69) is 0 Å². The fraction of sp³-hybridized carbons (Fsp3) is 0.391. The maximum absolute atomic E-state index is 13.5. The molecule has 1 aromatic rings. The summed E-state index contributed by atoms with van der Waals surface area (Å²) in [5.41, 5.74) is 2.39. The van der Waals surface area contributed by atoms with Crippen LogP contribution in [0.2, 0.25) is 0 Å². The number of phenolic OH excluding ortho intramolecular Hbond substituents is 1. The number of hydrogen-bond acceptors (Lipinski definition) is 9. The van der Waals surface area contributed by atoms with Crippen LogP contribution in [0.5, 0.6) is 5.75 Å². The van der Waals surface area contributed by atoms with Gasteiger partial charge in [0.05, 0.1) is 11.1 Å². The first-order chi connectivity index (χ1) is 15.3. The Balaban J connectivity index is 1.99. The number of fused-ring (bicyclic) bond motifs is 3. The van der Waals surface area contributed by atoms with Crippen molar-refractivity contribution in [3.05, 3.63) is 39.7 Å². The summed E-state index contributed by atoms with van der Waals surface area (Å²) in [5, 5.41) is 43.7. The zero-order chi connectivity index (χ0) is 24.6. The van der Waals surface area contributed by atoms with Crippen molar-refractivity contribution in [1.29, 1.82) is 0 Å². The lowest BCUT2D eigenvalue weighted by Crippen LogP contribution is -2.58. The minimum Gasteiger partial charge on any atom is -0.508 e. The Labute approximate surface area is 188 Å². The number of benzene rings is 1. The van der Waals surface area contributed by atoms with Crippen molar-refractivity contribution >= 4 is 34.7 Å². The number of nitrogens with zero attached hydrogens (tertiary/aromatic N) is 1. The van der Waals surface area contributed by atoms with Gasteiger partial charge in [-0.3, -0.25) is 19.2 Å². The van der Waals surface area contributed by atoms with Crippen molar-refractivity contribution in [2.24, 2.45) is 17.6 Å². The van der Waals surface area contributed by atoms with Gasteiger partial charge in [0.2, 0.25) is 5.78 Å². The average molecular weight is 456 g/mol. The van der Waals surface area contributed by atoms with E-state index in [4.69, 9.17) is 5.73 Å². The van der Waals surface area contributed by atoms with Crippen molar-refractivity contribution in [2.45, 2.75) is 31.8 Å². The minimum atomic E-state index is -2.62. The molecule has 3 aliphatic carbocycles. The van der Waals surface area contributed by atoms with Crippen LogP contribution in [0.1, 0.15) is 41.3 Å². The normalized spacial score (nSPS) is 26.5. The number of hydrogen-bond donors (Lipinski definition) is 5. The predicted octanol–water partition coefficient (Wildman–Crippen LogP) is 0.692. The van der Waals surface area contributed by atoms with Crippen molar-refractivity contribution in [3.8, 4) is 5.75 Å². The van der Waals surface area contributed by atoms with Crippen molar-refractivity contribution < 1.29 is 39.6 Å². The standard InChI is InChI=1S/C23H24N2O8/c1-8(26)11-7-13(25(2)3)12-5-9-4-10-6-14(27)17(22(24)32)21(31)23(10,33)20(30)15(9)19(29)16(12)18(11)28/h7,9-10,28-29,31,33H,4-6H2,1-3H3,(H2,24,32)/t9-,10+,23+/m1/s1. The largest absolute Gasteiger partial charge is 0.508 e. The van der Waals surface area contributed by atoms with Gasteiger partial charge in [-0.05, 0) is 37.3 Å². The number of phenols is 1. The third-order valence-corrected chi connectivity index (χ3v) is 6.90. The fourth-order valence-electron chi connectivity index (χ4n) is 5.34. The smallest absolute Gasteiger partial charge is 0.255 e. The first-order valence-corrected chi connectivity index (χ1v) is 10.4. The highest BCUT2D eigenvalue weighted by molar-refractivity contribution is 6.22. The molecule has 174 valence electrons. The molecule has 0 aliphatic heterocycles. The van der Waals surface area contributed by atoms with Crippen LogP contribution in [-0.4, -0.2) is 63.4 Å². The SMILES string of the molecule is CC(=O)c1cc(N(C)C)c2c(c1O)C(O)=C1C(=O)[C@]3(O)C(O)=C(C(N)=O)C(=O)C[C@@H]3C[C@@H]1C2. The Bertz CT molecular complexity index is 1230. The Morgan fingerprint density at radius 2 is 1.79 bits per heavy atom. The minimum absolute atomic E-state index is 0.0466. The summed E-state index contributed by atoms with van der Waals surface area (Å²) in [6, 6.07) is 1.51. The molecule has 0 radical (unpaired) electrons. The molecule has 1 fully saturated rings. The molecule has 10 nitrogen and oxygen atoms in total. The summed E-state index contributed by atoms with van der Waals surface area (Å²) in [5.74, 6) is -7.47. The molecule has 1 saturated carbocycles. The van der Waals surface area contributed by atoms with Gasteiger partial charge in [0, 0.05) is 37.7 Å². The van der Waals surface area contributed by atoms with Gasteiger partial charge in [-0.25, -0.2) is 0 Å². The number of aliphatic hydroxyl groups is 3. The van der Waals surface area contributed by atoms with Crippen LogP contribution in [-0.2, 0) is 20.8 Å². The van der Waals surface area contributed by atoms with Gasteiger partial charge in [-0.15, -0.1) is 0 Å². The fourth-order valence-corrected chi connectivity index (χ4v) is 5.34. The molecule has 3 aliphatic rings. The number of anilines is 1. The summed E-state index contributed by atoms with van der Waals surface area (Å²) in [4.78, 5) is 51.4. The average Bonchev–Trinajstić information content (AvgIpc) is 2.70. The molecule has 0 spiro atoms. The first-order valence-electron chi connectivity index (χ1n) is 10.4. The Morgan fingerprint density at radius 1 is 1.15 bits per heavy atom. The van der Waals surface area contributed by atoms with Crippen LogP contribution in [0.25, 0.3) is 5.76 Å². The maximum Gasteiger partial charge on any atom is 0.255 e. The molecule has 1 amide bonds.